The van der Waals surface area contributed by atoms with Crippen molar-refractivity contribution in [2.75, 3.05) is 0 Å². The van der Waals surface area contributed by atoms with Crippen molar-refractivity contribution in [2.45, 2.75) is 44.2 Å². The molecule has 0 aromatic carbocycles. The Morgan fingerprint density at radius 3 is 2.84 bits per heavy atom. The lowest BCUT2D eigenvalue weighted by molar-refractivity contribution is 0.0714. The van der Waals surface area contributed by atoms with Gasteiger partial charge in [0.15, 0.2) is 0 Å². The van der Waals surface area contributed by atoms with Gasteiger partial charge in [-0.15, -0.1) is 11.3 Å². The highest BCUT2D eigenvalue weighted by Gasteiger charge is 2.25. The second-order valence-corrected chi connectivity index (χ2v) is 9.25. The SMILES string of the molecule is Cn1ccc(-c2ccc(Cc3cc(C(=O)N[C@H]4CCCC[C@@H]4O)nc4ccsc34)cn2)n1. The van der Waals surface area contributed by atoms with Gasteiger partial charge in [-0.3, -0.25) is 14.5 Å². The van der Waals surface area contributed by atoms with Crippen molar-refractivity contribution < 1.29 is 9.90 Å². The van der Waals surface area contributed by atoms with Crippen molar-refractivity contribution in [1.29, 1.82) is 0 Å². The number of nitrogens with one attached hydrogen (secondary N) is 1. The minimum absolute atomic E-state index is 0.206. The summed E-state index contributed by atoms with van der Waals surface area (Å²) < 4.78 is 2.84. The summed E-state index contributed by atoms with van der Waals surface area (Å²) in [5.74, 6) is -0.228. The number of rotatable bonds is 5. The van der Waals surface area contributed by atoms with Gasteiger partial charge in [0.05, 0.1) is 28.1 Å². The summed E-state index contributed by atoms with van der Waals surface area (Å²) in [5, 5.41) is 19.6. The second kappa shape index (κ2) is 8.80. The number of nitrogens with zero attached hydrogens (tertiary/aromatic N) is 4. The van der Waals surface area contributed by atoms with Crippen LogP contribution in [0.5, 0.6) is 0 Å². The van der Waals surface area contributed by atoms with Crippen molar-refractivity contribution in [2.24, 2.45) is 7.05 Å². The van der Waals surface area contributed by atoms with Gasteiger partial charge in [0.1, 0.15) is 11.4 Å². The van der Waals surface area contributed by atoms with Gasteiger partial charge >= 0.3 is 0 Å². The van der Waals surface area contributed by atoms with Gasteiger partial charge in [0.2, 0.25) is 0 Å². The summed E-state index contributed by atoms with van der Waals surface area (Å²) in [6.45, 7) is 0. The first-order valence-electron chi connectivity index (χ1n) is 10.9. The third-order valence-corrected chi connectivity index (χ3v) is 6.94. The number of carbonyl (C=O) groups is 1. The fraction of sp³-hybridized carbons (Fsp3) is 0.333. The Balaban J connectivity index is 1.39. The molecule has 1 aliphatic carbocycles. The molecule has 1 saturated carbocycles. The Hall–Kier alpha value is -3.10. The van der Waals surface area contributed by atoms with E-state index in [1.807, 2.05) is 49.1 Å². The van der Waals surface area contributed by atoms with E-state index < -0.39 is 6.10 Å². The van der Waals surface area contributed by atoms with Crippen LogP contribution in [0.4, 0.5) is 0 Å². The van der Waals surface area contributed by atoms with Crippen LogP contribution in [0.2, 0.25) is 0 Å². The van der Waals surface area contributed by atoms with Crippen LogP contribution in [0.15, 0.2) is 48.1 Å². The first-order chi connectivity index (χ1) is 15.6. The first kappa shape index (κ1) is 20.8. The van der Waals surface area contributed by atoms with Crippen LogP contribution in [0.1, 0.15) is 47.3 Å². The maximum absolute atomic E-state index is 12.9. The van der Waals surface area contributed by atoms with Gasteiger partial charge in [-0.25, -0.2) is 4.98 Å². The zero-order valence-electron chi connectivity index (χ0n) is 17.9. The average molecular weight is 448 g/mol. The van der Waals surface area contributed by atoms with Crippen LogP contribution in [0.25, 0.3) is 21.6 Å². The van der Waals surface area contributed by atoms with Gasteiger partial charge in [-0.1, -0.05) is 18.9 Å². The highest BCUT2D eigenvalue weighted by atomic mass is 32.1. The molecule has 0 unspecified atom stereocenters. The predicted octanol–water partition coefficient (Wildman–Crippen LogP) is 3.72. The van der Waals surface area contributed by atoms with Crippen LogP contribution >= 0.6 is 11.3 Å². The molecule has 4 heterocycles. The van der Waals surface area contributed by atoms with Gasteiger partial charge < -0.3 is 10.4 Å². The normalized spacial score (nSPS) is 18.7. The number of aryl methyl sites for hydroxylation is 1. The standard InChI is InChI=1S/C24H25N5O2S/c1-29-10-8-18(28-29)17-7-6-15(14-25-17)12-16-13-21(26-20-9-11-32-23(16)20)24(31)27-19-4-2-3-5-22(19)30/h6-11,13-14,19,22,30H,2-5,12H2,1H3,(H,27,31)/t19-,22-/m0/s1. The minimum Gasteiger partial charge on any atom is -0.391 e. The Morgan fingerprint density at radius 2 is 2.09 bits per heavy atom. The molecule has 7 nitrogen and oxygen atoms in total. The van der Waals surface area contributed by atoms with Gasteiger partial charge in [-0.05, 0) is 53.6 Å². The molecule has 8 heteroatoms. The van der Waals surface area contributed by atoms with Crippen LogP contribution < -0.4 is 5.32 Å². The van der Waals surface area contributed by atoms with Crippen LogP contribution in [-0.4, -0.2) is 42.9 Å². The number of aromatic nitrogens is 4. The second-order valence-electron chi connectivity index (χ2n) is 8.34. The van der Waals surface area contributed by atoms with Crippen LogP contribution in [-0.2, 0) is 13.5 Å². The minimum atomic E-state index is -0.485. The maximum Gasteiger partial charge on any atom is 0.270 e. The molecular weight excluding hydrogens is 422 g/mol. The first-order valence-corrected chi connectivity index (χ1v) is 11.8. The molecule has 0 radical (unpaired) electrons. The molecule has 1 amide bonds. The molecule has 1 fully saturated rings. The number of fused-ring (bicyclic) bond motifs is 1. The van der Waals surface area contributed by atoms with E-state index in [4.69, 9.17) is 0 Å². The quantitative estimate of drug-likeness (QED) is 0.486. The Labute approximate surface area is 190 Å². The zero-order valence-corrected chi connectivity index (χ0v) is 18.7. The van der Waals surface area contributed by atoms with Crippen molar-refractivity contribution >= 4 is 27.5 Å². The Morgan fingerprint density at radius 1 is 1.22 bits per heavy atom. The lowest BCUT2D eigenvalue weighted by atomic mass is 9.92. The maximum atomic E-state index is 12.9. The number of aliphatic hydroxyl groups excluding tert-OH is 1. The number of carbonyl (C=O) groups excluding carboxylic acids is 1. The molecular formula is C24H25N5O2S. The molecule has 0 bridgehead atoms. The highest BCUT2D eigenvalue weighted by Crippen LogP contribution is 2.27. The summed E-state index contributed by atoms with van der Waals surface area (Å²) in [6, 6.07) is 9.57. The monoisotopic (exact) mass is 447 g/mol. The van der Waals surface area contributed by atoms with E-state index in [2.05, 4.69) is 26.4 Å². The molecule has 2 atom stereocenters. The number of amides is 1. The smallest absolute Gasteiger partial charge is 0.270 e. The molecule has 5 rings (SSSR count). The molecule has 32 heavy (non-hydrogen) atoms. The molecule has 4 aromatic rings. The van der Waals surface area contributed by atoms with Crippen LogP contribution in [0.3, 0.4) is 0 Å². The highest BCUT2D eigenvalue weighted by molar-refractivity contribution is 7.17. The van der Waals surface area contributed by atoms with E-state index >= 15 is 0 Å². The van der Waals surface area contributed by atoms with Crippen molar-refractivity contribution in [3.63, 3.8) is 0 Å². The number of hydrogen-bond donors (Lipinski definition) is 2. The third-order valence-electron chi connectivity index (χ3n) is 5.96. The Kier molecular flexibility index (Phi) is 5.71. The number of thiophene rings is 1. The molecule has 4 aromatic heterocycles. The number of pyridine rings is 2. The van der Waals surface area contributed by atoms with Crippen LogP contribution in [0, 0.1) is 0 Å². The molecule has 0 aliphatic heterocycles. The summed E-state index contributed by atoms with van der Waals surface area (Å²) in [7, 11) is 1.89. The Bertz CT molecular complexity index is 1250. The number of hydrogen-bond acceptors (Lipinski definition) is 6. The fourth-order valence-electron chi connectivity index (χ4n) is 4.25. The average Bonchev–Trinajstić information content (AvgIpc) is 3.45. The van der Waals surface area contributed by atoms with E-state index in [1.54, 1.807) is 16.0 Å². The summed E-state index contributed by atoms with van der Waals surface area (Å²) in [6.07, 6.45) is 7.48. The van der Waals surface area contributed by atoms with E-state index in [1.165, 1.54) is 0 Å². The van der Waals surface area contributed by atoms with Crippen molar-refractivity contribution in [3.8, 4) is 11.4 Å². The van der Waals surface area contributed by atoms with Gasteiger partial charge in [0.25, 0.3) is 5.91 Å². The molecule has 0 spiro atoms. The molecule has 2 N–H and O–H groups in total. The van der Waals surface area contributed by atoms with E-state index in [9.17, 15) is 9.90 Å². The molecule has 164 valence electrons. The summed E-state index contributed by atoms with van der Waals surface area (Å²) in [4.78, 5) is 22.1. The van der Waals surface area contributed by atoms with E-state index in [-0.39, 0.29) is 11.9 Å². The van der Waals surface area contributed by atoms with Gasteiger partial charge in [0, 0.05) is 25.9 Å². The lowest BCUT2D eigenvalue weighted by Crippen LogP contribution is -2.45. The van der Waals surface area contributed by atoms with Crippen molar-refractivity contribution in [1.82, 2.24) is 25.1 Å². The largest absolute Gasteiger partial charge is 0.391 e. The summed E-state index contributed by atoms with van der Waals surface area (Å²) >= 11 is 1.63. The fourth-order valence-corrected chi connectivity index (χ4v) is 5.10. The van der Waals surface area contributed by atoms with E-state index in [0.717, 1.165) is 58.4 Å². The zero-order chi connectivity index (χ0) is 22.1. The molecule has 0 saturated heterocycles. The number of aliphatic hydroxyl groups is 1. The third kappa shape index (κ3) is 4.28. The summed E-state index contributed by atoms with van der Waals surface area (Å²) in [5.41, 5.74) is 4.98. The van der Waals surface area contributed by atoms with Crippen molar-refractivity contribution in [3.05, 3.63) is 64.9 Å². The molecule has 1 aliphatic rings. The predicted molar refractivity (Wildman–Crippen MR) is 125 cm³/mol. The van der Waals surface area contributed by atoms with Gasteiger partial charge in [-0.2, -0.15) is 5.10 Å². The van der Waals surface area contributed by atoms with E-state index in [0.29, 0.717) is 12.1 Å². The lowest BCUT2D eigenvalue weighted by Gasteiger charge is -2.28. The topological polar surface area (TPSA) is 92.9 Å².